The lowest BCUT2D eigenvalue weighted by molar-refractivity contribution is -0.142. The van der Waals surface area contributed by atoms with Crippen LogP contribution in [-0.2, 0) is 24.0 Å². The summed E-state index contributed by atoms with van der Waals surface area (Å²) in [5.74, 6) is -5.11. The molecule has 3 amide bonds. The van der Waals surface area contributed by atoms with E-state index in [1.165, 1.54) is 0 Å². The number of aliphatic carboxylic acids is 2. The number of hydrogen-bond acceptors (Lipinski definition) is 7. The Balaban J connectivity index is 4.81. The molecule has 3 atom stereocenters. The number of amides is 3. The van der Waals surface area contributed by atoms with Crippen molar-refractivity contribution in [3.63, 3.8) is 0 Å². The normalized spacial score (nSPS) is 13.4. The molecule has 0 bridgehead atoms. The van der Waals surface area contributed by atoms with E-state index in [-0.39, 0.29) is 31.3 Å². The van der Waals surface area contributed by atoms with E-state index in [1.54, 1.807) is 0 Å². The van der Waals surface area contributed by atoms with E-state index in [9.17, 15) is 29.1 Å². The minimum atomic E-state index is -1.46. The maximum Gasteiger partial charge on any atom is 0.326 e. The summed E-state index contributed by atoms with van der Waals surface area (Å²) in [4.78, 5) is 62.5. The average Bonchev–Trinajstić information content (AvgIpc) is 2.66. The highest BCUT2D eigenvalue weighted by Crippen LogP contribution is 2.04. The Morgan fingerprint density at radius 2 is 1.59 bits per heavy atom. The van der Waals surface area contributed by atoms with Gasteiger partial charge >= 0.3 is 11.9 Å². The van der Waals surface area contributed by atoms with Crippen molar-refractivity contribution < 1.29 is 34.2 Å². The molecule has 0 aliphatic heterocycles. The molecule has 0 aromatic rings. The molecule has 182 valence electrons. The lowest BCUT2D eigenvalue weighted by Crippen LogP contribution is -2.54. The van der Waals surface area contributed by atoms with Crippen LogP contribution in [0.4, 0.5) is 0 Å². The van der Waals surface area contributed by atoms with Gasteiger partial charge in [-0.2, -0.15) is 0 Å². The van der Waals surface area contributed by atoms with Crippen molar-refractivity contribution in [2.24, 2.45) is 28.1 Å². The van der Waals surface area contributed by atoms with Gasteiger partial charge in [0.2, 0.25) is 17.7 Å². The number of nitrogens with zero attached hydrogens (tertiary/aromatic N) is 1. The topological polar surface area (TPSA) is 252 Å². The number of nitrogens with one attached hydrogen (secondary N) is 3. The molecule has 0 saturated carbocycles. The van der Waals surface area contributed by atoms with Gasteiger partial charge in [0.25, 0.3) is 0 Å². The maximum absolute atomic E-state index is 12.3. The number of carboxylic acid groups (broad SMARTS) is 2. The van der Waals surface area contributed by atoms with Crippen molar-refractivity contribution in [1.82, 2.24) is 16.0 Å². The molecule has 0 rings (SSSR count). The molecule has 0 fully saturated rings. The average molecular weight is 460 g/mol. The van der Waals surface area contributed by atoms with Crippen LogP contribution in [0.1, 0.15) is 39.5 Å². The third kappa shape index (κ3) is 13.0. The van der Waals surface area contributed by atoms with Crippen molar-refractivity contribution >= 4 is 35.6 Å². The zero-order valence-electron chi connectivity index (χ0n) is 18.2. The highest BCUT2D eigenvalue weighted by molar-refractivity contribution is 5.94. The summed E-state index contributed by atoms with van der Waals surface area (Å²) in [6.45, 7) is 3.24. The number of carboxylic acids is 2. The maximum atomic E-state index is 12.3. The Kier molecular flexibility index (Phi) is 13.0. The van der Waals surface area contributed by atoms with Crippen LogP contribution in [0.5, 0.6) is 0 Å². The number of guanidine groups is 1. The summed E-state index contributed by atoms with van der Waals surface area (Å²) in [6, 6.07) is -3.63. The molecule has 0 heterocycles. The van der Waals surface area contributed by atoms with Gasteiger partial charge in [0.15, 0.2) is 5.96 Å². The lowest BCUT2D eigenvalue weighted by Gasteiger charge is -2.20. The molecule has 0 aliphatic carbocycles. The van der Waals surface area contributed by atoms with Gasteiger partial charge in [0.05, 0.1) is 19.0 Å². The SMILES string of the molecule is CC(C)CC(N)C(=O)NC(CC(=O)O)C(=O)NCC(=O)NC(CCCN=C(N)N)C(=O)O. The Hall–Kier alpha value is -3.42. The van der Waals surface area contributed by atoms with Crippen molar-refractivity contribution in [3.8, 4) is 0 Å². The monoisotopic (exact) mass is 459 g/mol. The van der Waals surface area contributed by atoms with Crippen LogP contribution in [0.2, 0.25) is 0 Å². The van der Waals surface area contributed by atoms with Crippen LogP contribution in [0.15, 0.2) is 4.99 Å². The first-order chi connectivity index (χ1) is 14.8. The van der Waals surface area contributed by atoms with Gasteiger partial charge in [-0.25, -0.2) is 4.79 Å². The summed E-state index contributed by atoms with van der Waals surface area (Å²) >= 11 is 0. The fraction of sp³-hybridized carbons (Fsp3) is 0.667. The van der Waals surface area contributed by atoms with E-state index >= 15 is 0 Å². The first kappa shape index (κ1) is 28.6. The molecule has 11 N–H and O–H groups in total. The molecule has 14 heteroatoms. The predicted octanol–water partition coefficient (Wildman–Crippen LogP) is -2.94. The first-order valence-corrected chi connectivity index (χ1v) is 9.96. The van der Waals surface area contributed by atoms with Crippen LogP contribution >= 0.6 is 0 Å². The molecule has 0 spiro atoms. The van der Waals surface area contributed by atoms with Gasteiger partial charge in [-0.3, -0.25) is 24.2 Å². The van der Waals surface area contributed by atoms with Crippen LogP contribution in [0, 0.1) is 5.92 Å². The lowest BCUT2D eigenvalue weighted by atomic mass is 10.0. The molecule has 14 nitrogen and oxygen atoms in total. The number of nitrogens with two attached hydrogens (primary N) is 3. The van der Waals surface area contributed by atoms with Crippen molar-refractivity contribution in [3.05, 3.63) is 0 Å². The van der Waals surface area contributed by atoms with Gasteiger partial charge in [-0.05, 0) is 25.2 Å². The molecule has 0 aromatic carbocycles. The summed E-state index contributed by atoms with van der Waals surface area (Å²) in [5, 5.41) is 24.9. The van der Waals surface area contributed by atoms with E-state index in [2.05, 4.69) is 20.9 Å². The third-order valence-corrected chi connectivity index (χ3v) is 4.08. The van der Waals surface area contributed by atoms with Gasteiger partial charge in [0, 0.05) is 6.54 Å². The van der Waals surface area contributed by atoms with Gasteiger partial charge in [-0.1, -0.05) is 13.8 Å². The molecule has 0 radical (unpaired) electrons. The largest absolute Gasteiger partial charge is 0.481 e. The second-order valence-corrected chi connectivity index (χ2v) is 7.52. The number of carbonyl (C=O) groups excluding carboxylic acids is 3. The molecule has 0 aliphatic rings. The Morgan fingerprint density at radius 1 is 0.969 bits per heavy atom. The minimum Gasteiger partial charge on any atom is -0.481 e. The van der Waals surface area contributed by atoms with E-state index in [4.69, 9.17) is 22.3 Å². The number of hydrogen-bond donors (Lipinski definition) is 8. The van der Waals surface area contributed by atoms with E-state index in [1.807, 2.05) is 13.8 Å². The summed E-state index contributed by atoms with van der Waals surface area (Å²) in [7, 11) is 0. The van der Waals surface area contributed by atoms with Crippen LogP contribution in [0.25, 0.3) is 0 Å². The third-order valence-electron chi connectivity index (χ3n) is 4.08. The second-order valence-electron chi connectivity index (χ2n) is 7.52. The highest BCUT2D eigenvalue weighted by atomic mass is 16.4. The van der Waals surface area contributed by atoms with Crippen LogP contribution in [-0.4, -0.2) is 77.0 Å². The summed E-state index contributed by atoms with van der Waals surface area (Å²) in [5.41, 5.74) is 16.1. The van der Waals surface area contributed by atoms with E-state index in [0.29, 0.717) is 6.42 Å². The highest BCUT2D eigenvalue weighted by Gasteiger charge is 2.27. The van der Waals surface area contributed by atoms with Crippen molar-refractivity contribution in [2.45, 2.75) is 57.7 Å². The summed E-state index contributed by atoms with van der Waals surface area (Å²) in [6.07, 6.45) is -0.0758. The molecule has 0 aromatic heterocycles. The summed E-state index contributed by atoms with van der Waals surface area (Å²) < 4.78 is 0. The number of rotatable bonds is 15. The number of aliphatic imine (C=N–C) groups is 1. The van der Waals surface area contributed by atoms with E-state index in [0.717, 1.165) is 0 Å². The van der Waals surface area contributed by atoms with Crippen LogP contribution in [0.3, 0.4) is 0 Å². The molecule has 3 unspecified atom stereocenters. The molecular formula is C18H33N7O7. The number of carbonyl (C=O) groups is 5. The van der Waals surface area contributed by atoms with Gasteiger partial charge < -0.3 is 43.4 Å². The smallest absolute Gasteiger partial charge is 0.326 e. The standard InChI is InChI=1S/C18H33N7O7/c1-9(2)6-10(19)15(29)25-12(7-14(27)28)16(30)23-8-13(26)24-11(17(31)32)4-3-5-22-18(20)21/h9-12H,3-8,19H2,1-2H3,(H,23,30)(H,24,26)(H,25,29)(H,27,28)(H,31,32)(H4,20,21,22). The zero-order valence-corrected chi connectivity index (χ0v) is 18.2. The quantitative estimate of drug-likeness (QED) is 0.0702. The van der Waals surface area contributed by atoms with Crippen molar-refractivity contribution in [2.75, 3.05) is 13.1 Å². The molecular weight excluding hydrogens is 426 g/mol. The minimum absolute atomic E-state index is 0.0389. The van der Waals surface area contributed by atoms with Gasteiger partial charge in [0.1, 0.15) is 12.1 Å². The Labute approximate surface area is 185 Å². The fourth-order valence-electron chi connectivity index (χ4n) is 2.57. The van der Waals surface area contributed by atoms with Crippen LogP contribution < -0.4 is 33.2 Å². The van der Waals surface area contributed by atoms with Crippen molar-refractivity contribution in [1.29, 1.82) is 0 Å². The Bertz CT molecular complexity index is 708. The zero-order chi connectivity index (χ0) is 24.8. The molecule has 0 saturated heterocycles. The predicted molar refractivity (Wildman–Crippen MR) is 114 cm³/mol. The van der Waals surface area contributed by atoms with Gasteiger partial charge in [-0.15, -0.1) is 0 Å². The second kappa shape index (κ2) is 14.6. The Morgan fingerprint density at radius 3 is 2.09 bits per heavy atom. The fourth-order valence-corrected chi connectivity index (χ4v) is 2.57. The first-order valence-electron chi connectivity index (χ1n) is 9.96. The molecule has 32 heavy (non-hydrogen) atoms. The van der Waals surface area contributed by atoms with E-state index < -0.39 is 60.8 Å².